The largest absolute Gasteiger partial charge is 0.375 e. The van der Waals surface area contributed by atoms with E-state index in [1.165, 1.54) is 6.08 Å². The van der Waals surface area contributed by atoms with Crippen molar-refractivity contribution in [1.82, 2.24) is 5.32 Å². The normalized spacial score (nSPS) is 24.5. The minimum absolute atomic E-state index is 0.0304. The molecule has 1 heterocycles. The van der Waals surface area contributed by atoms with Gasteiger partial charge in [-0.2, -0.15) is 0 Å². The smallest absolute Gasteiger partial charge is 0.243 e. The van der Waals surface area contributed by atoms with Gasteiger partial charge in [0.2, 0.25) is 5.91 Å². The number of hydrogen-bond acceptors (Lipinski definition) is 2. The molecule has 1 atom stereocenters. The standard InChI is InChI=1S/C12H21NO2/c1-4-11(14)13-10-7-8-15-12(5-2,6-3)9-10/h4,10H,1,5-9H2,2-3H3,(H,13,14). The van der Waals surface area contributed by atoms with Gasteiger partial charge in [-0.15, -0.1) is 0 Å². The van der Waals surface area contributed by atoms with Crippen molar-refractivity contribution in [2.45, 2.75) is 51.2 Å². The lowest BCUT2D eigenvalue weighted by Crippen LogP contribution is -2.47. The third kappa shape index (κ3) is 3.06. The summed E-state index contributed by atoms with van der Waals surface area (Å²) < 4.78 is 5.83. The summed E-state index contributed by atoms with van der Waals surface area (Å²) in [5.41, 5.74) is -0.0304. The number of carbonyl (C=O) groups excluding carboxylic acids is 1. The first kappa shape index (κ1) is 12.2. The van der Waals surface area contributed by atoms with Crippen molar-refractivity contribution in [2.24, 2.45) is 0 Å². The van der Waals surface area contributed by atoms with E-state index in [1.807, 2.05) is 0 Å². The quantitative estimate of drug-likeness (QED) is 0.722. The maximum absolute atomic E-state index is 11.2. The molecule has 86 valence electrons. The molecule has 15 heavy (non-hydrogen) atoms. The molecule has 3 nitrogen and oxygen atoms in total. The van der Waals surface area contributed by atoms with Crippen molar-refractivity contribution in [3.8, 4) is 0 Å². The lowest BCUT2D eigenvalue weighted by atomic mass is 9.86. The molecule has 1 unspecified atom stereocenters. The Bertz CT molecular complexity index is 234. The maximum Gasteiger partial charge on any atom is 0.243 e. The molecule has 3 heteroatoms. The topological polar surface area (TPSA) is 38.3 Å². The predicted octanol–water partition coefficient (Wildman–Crippen LogP) is 2.03. The highest BCUT2D eigenvalue weighted by atomic mass is 16.5. The molecule has 1 saturated heterocycles. The van der Waals surface area contributed by atoms with E-state index in [0.29, 0.717) is 0 Å². The molecule has 1 N–H and O–H groups in total. The molecule has 0 bridgehead atoms. The van der Waals surface area contributed by atoms with Crippen LogP contribution in [0.4, 0.5) is 0 Å². The molecule has 0 aliphatic carbocycles. The van der Waals surface area contributed by atoms with Gasteiger partial charge in [0.25, 0.3) is 0 Å². The van der Waals surface area contributed by atoms with E-state index < -0.39 is 0 Å². The Kier molecular flexibility index (Phi) is 4.33. The second-order valence-electron chi connectivity index (χ2n) is 4.14. The molecular weight excluding hydrogens is 190 g/mol. The third-order valence-electron chi connectivity index (χ3n) is 3.31. The van der Waals surface area contributed by atoms with Gasteiger partial charge in [0, 0.05) is 12.6 Å². The van der Waals surface area contributed by atoms with E-state index in [2.05, 4.69) is 25.7 Å². The second-order valence-corrected chi connectivity index (χ2v) is 4.14. The van der Waals surface area contributed by atoms with Gasteiger partial charge in [0.1, 0.15) is 0 Å². The molecule has 0 radical (unpaired) electrons. The lowest BCUT2D eigenvalue weighted by Gasteiger charge is -2.40. The fourth-order valence-corrected chi connectivity index (χ4v) is 2.15. The fraction of sp³-hybridized carbons (Fsp3) is 0.750. The van der Waals surface area contributed by atoms with Crippen molar-refractivity contribution in [3.63, 3.8) is 0 Å². The molecule has 1 amide bonds. The number of amides is 1. The number of carbonyl (C=O) groups is 1. The van der Waals surface area contributed by atoms with E-state index in [1.54, 1.807) is 0 Å². The zero-order chi connectivity index (χ0) is 11.3. The van der Waals surface area contributed by atoms with E-state index in [4.69, 9.17) is 4.74 Å². The highest BCUT2D eigenvalue weighted by Gasteiger charge is 2.34. The summed E-state index contributed by atoms with van der Waals surface area (Å²) in [7, 11) is 0. The van der Waals surface area contributed by atoms with Crippen molar-refractivity contribution < 1.29 is 9.53 Å². The van der Waals surface area contributed by atoms with Gasteiger partial charge in [0.05, 0.1) is 5.60 Å². The first-order chi connectivity index (χ1) is 7.15. The molecule has 1 fully saturated rings. The molecule has 0 aromatic carbocycles. The molecule has 1 aliphatic rings. The predicted molar refractivity (Wildman–Crippen MR) is 60.6 cm³/mol. The molecule has 0 saturated carbocycles. The summed E-state index contributed by atoms with van der Waals surface area (Å²) in [5, 5.41) is 2.95. The summed E-state index contributed by atoms with van der Waals surface area (Å²) in [4.78, 5) is 11.2. The van der Waals surface area contributed by atoms with Crippen LogP contribution in [-0.2, 0) is 9.53 Å². The summed E-state index contributed by atoms with van der Waals surface area (Å²) in [6.07, 6.45) is 5.16. The van der Waals surface area contributed by atoms with Gasteiger partial charge in [-0.1, -0.05) is 20.4 Å². The molecule has 0 aromatic heterocycles. The SMILES string of the molecule is C=CC(=O)NC1CCOC(CC)(CC)C1. The number of rotatable bonds is 4. The lowest BCUT2D eigenvalue weighted by molar-refractivity contribution is -0.121. The Hall–Kier alpha value is -0.830. The Morgan fingerprint density at radius 3 is 2.80 bits per heavy atom. The van der Waals surface area contributed by atoms with E-state index in [9.17, 15) is 4.79 Å². The second kappa shape index (κ2) is 5.31. The van der Waals surface area contributed by atoms with Crippen LogP contribution in [0.3, 0.4) is 0 Å². The number of hydrogen-bond donors (Lipinski definition) is 1. The van der Waals surface area contributed by atoms with Crippen molar-refractivity contribution >= 4 is 5.91 Å². The molecule has 1 rings (SSSR count). The minimum Gasteiger partial charge on any atom is -0.375 e. The van der Waals surface area contributed by atoms with E-state index >= 15 is 0 Å². The number of ether oxygens (including phenoxy) is 1. The zero-order valence-corrected chi connectivity index (χ0v) is 9.71. The average Bonchev–Trinajstić information content (AvgIpc) is 2.29. The third-order valence-corrected chi connectivity index (χ3v) is 3.31. The van der Waals surface area contributed by atoms with Gasteiger partial charge < -0.3 is 10.1 Å². The Balaban J connectivity index is 2.55. The van der Waals surface area contributed by atoms with Crippen LogP contribution >= 0.6 is 0 Å². The van der Waals surface area contributed by atoms with E-state index in [0.717, 1.165) is 32.3 Å². The first-order valence-corrected chi connectivity index (χ1v) is 5.72. The van der Waals surface area contributed by atoms with Crippen LogP contribution in [0.1, 0.15) is 39.5 Å². The van der Waals surface area contributed by atoms with Crippen LogP contribution < -0.4 is 5.32 Å². The Morgan fingerprint density at radius 1 is 1.60 bits per heavy atom. The monoisotopic (exact) mass is 211 g/mol. The van der Waals surface area contributed by atoms with Crippen molar-refractivity contribution in [2.75, 3.05) is 6.61 Å². The van der Waals surface area contributed by atoms with Gasteiger partial charge in [-0.25, -0.2) is 0 Å². The first-order valence-electron chi connectivity index (χ1n) is 5.72. The van der Waals surface area contributed by atoms with Crippen molar-refractivity contribution in [1.29, 1.82) is 0 Å². The minimum atomic E-state index is -0.0805. The maximum atomic E-state index is 11.2. The highest BCUT2D eigenvalue weighted by molar-refractivity contribution is 5.87. The zero-order valence-electron chi connectivity index (χ0n) is 9.71. The molecular formula is C12H21NO2. The number of nitrogens with one attached hydrogen (secondary N) is 1. The van der Waals surface area contributed by atoms with Crippen LogP contribution in [-0.4, -0.2) is 24.2 Å². The summed E-state index contributed by atoms with van der Waals surface area (Å²) in [5.74, 6) is -0.0805. The van der Waals surface area contributed by atoms with Crippen LogP contribution in [0, 0.1) is 0 Å². The fourth-order valence-electron chi connectivity index (χ4n) is 2.15. The molecule has 0 spiro atoms. The van der Waals surface area contributed by atoms with Gasteiger partial charge in [0.15, 0.2) is 0 Å². The summed E-state index contributed by atoms with van der Waals surface area (Å²) in [6, 6.07) is 0.240. The Morgan fingerprint density at radius 2 is 2.27 bits per heavy atom. The van der Waals surface area contributed by atoms with Crippen molar-refractivity contribution in [3.05, 3.63) is 12.7 Å². The summed E-state index contributed by atoms with van der Waals surface area (Å²) in [6.45, 7) is 8.48. The molecule has 1 aliphatic heterocycles. The summed E-state index contributed by atoms with van der Waals surface area (Å²) >= 11 is 0. The van der Waals surface area contributed by atoms with Gasteiger partial charge in [-0.3, -0.25) is 4.79 Å². The molecule has 0 aromatic rings. The van der Waals surface area contributed by atoms with E-state index in [-0.39, 0.29) is 17.6 Å². The van der Waals surface area contributed by atoms with Crippen LogP contribution in [0.25, 0.3) is 0 Å². The van der Waals surface area contributed by atoms with Crippen LogP contribution in [0.15, 0.2) is 12.7 Å². The van der Waals surface area contributed by atoms with Gasteiger partial charge >= 0.3 is 0 Å². The average molecular weight is 211 g/mol. The van der Waals surface area contributed by atoms with Crippen LogP contribution in [0.2, 0.25) is 0 Å². The van der Waals surface area contributed by atoms with Gasteiger partial charge in [-0.05, 0) is 31.8 Å². The van der Waals surface area contributed by atoms with Crippen LogP contribution in [0.5, 0.6) is 0 Å². The highest BCUT2D eigenvalue weighted by Crippen LogP contribution is 2.31. The Labute approximate surface area is 91.9 Å².